The van der Waals surface area contributed by atoms with Crippen molar-refractivity contribution in [3.05, 3.63) is 58.6 Å². The summed E-state index contributed by atoms with van der Waals surface area (Å²) in [6.45, 7) is 2.14. The maximum Gasteiger partial charge on any atom is 0.248 e. The highest BCUT2D eigenvalue weighted by atomic mass is 35.5. The Morgan fingerprint density at radius 2 is 2.00 bits per heavy atom. The molecule has 0 saturated heterocycles. The standard InChI is InChI=1S/C17H14ClNO3/c1-11-2-5-13(9-14(11)18)19-17(20)7-4-12-3-6-15-16(8-12)22-10-21-15/h2-9H,10H2,1H3,(H,19,20). The van der Waals surface area contributed by atoms with E-state index in [4.69, 9.17) is 21.1 Å². The van der Waals surface area contributed by atoms with Crippen LogP contribution in [0.3, 0.4) is 0 Å². The van der Waals surface area contributed by atoms with Crippen LogP contribution in [0.15, 0.2) is 42.5 Å². The number of amides is 1. The Kier molecular flexibility index (Phi) is 4.02. The molecule has 22 heavy (non-hydrogen) atoms. The predicted molar refractivity (Wildman–Crippen MR) is 86.4 cm³/mol. The SMILES string of the molecule is Cc1ccc(NC(=O)C=Cc2ccc3c(c2)OCO3)cc1Cl. The van der Waals surface area contributed by atoms with Crippen LogP contribution < -0.4 is 14.8 Å². The average molecular weight is 316 g/mol. The first kappa shape index (κ1) is 14.5. The predicted octanol–water partition coefficient (Wildman–Crippen LogP) is 4.03. The molecular weight excluding hydrogens is 302 g/mol. The van der Waals surface area contributed by atoms with Crippen LogP contribution in [0.25, 0.3) is 6.08 Å². The molecule has 1 heterocycles. The van der Waals surface area contributed by atoms with Crippen molar-refractivity contribution in [3.8, 4) is 11.5 Å². The number of rotatable bonds is 3. The van der Waals surface area contributed by atoms with Gasteiger partial charge in [0, 0.05) is 16.8 Å². The number of benzene rings is 2. The molecule has 0 unspecified atom stereocenters. The largest absolute Gasteiger partial charge is 0.454 e. The zero-order valence-electron chi connectivity index (χ0n) is 11.9. The third-order valence-electron chi connectivity index (χ3n) is 3.26. The molecule has 3 rings (SSSR count). The molecule has 2 aromatic rings. The van der Waals surface area contributed by atoms with E-state index < -0.39 is 0 Å². The van der Waals surface area contributed by atoms with Crippen molar-refractivity contribution in [2.75, 3.05) is 12.1 Å². The molecule has 0 aromatic heterocycles. The summed E-state index contributed by atoms with van der Waals surface area (Å²) in [4.78, 5) is 11.9. The highest BCUT2D eigenvalue weighted by Gasteiger charge is 2.12. The zero-order valence-corrected chi connectivity index (χ0v) is 12.7. The fourth-order valence-electron chi connectivity index (χ4n) is 2.04. The fourth-order valence-corrected chi connectivity index (χ4v) is 2.22. The lowest BCUT2D eigenvalue weighted by Crippen LogP contribution is -2.07. The number of ether oxygens (including phenoxy) is 2. The molecule has 1 amide bonds. The monoisotopic (exact) mass is 315 g/mol. The van der Waals surface area contributed by atoms with E-state index >= 15 is 0 Å². The number of aryl methyl sites for hydroxylation is 1. The topological polar surface area (TPSA) is 47.6 Å². The highest BCUT2D eigenvalue weighted by Crippen LogP contribution is 2.32. The van der Waals surface area contributed by atoms with E-state index in [0.29, 0.717) is 16.5 Å². The number of hydrogen-bond acceptors (Lipinski definition) is 3. The van der Waals surface area contributed by atoms with Crippen molar-refractivity contribution in [2.24, 2.45) is 0 Å². The van der Waals surface area contributed by atoms with Gasteiger partial charge < -0.3 is 14.8 Å². The number of hydrogen-bond donors (Lipinski definition) is 1. The second-order valence-corrected chi connectivity index (χ2v) is 5.31. The van der Waals surface area contributed by atoms with E-state index in [0.717, 1.165) is 16.9 Å². The molecule has 4 nitrogen and oxygen atoms in total. The summed E-state index contributed by atoms with van der Waals surface area (Å²) in [5, 5.41) is 3.39. The van der Waals surface area contributed by atoms with Crippen molar-refractivity contribution in [1.29, 1.82) is 0 Å². The number of halogens is 1. The third-order valence-corrected chi connectivity index (χ3v) is 3.67. The van der Waals surface area contributed by atoms with Crippen molar-refractivity contribution in [3.63, 3.8) is 0 Å². The van der Waals surface area contributed by atoms with Crippen LogP contribution in [0.2, 0.25) is 5.02 Å². The van der Waals surface area contributed by atoms with Gasteiger partial charge in [0.25, 0.3) is 0 Å². The molecule has 0 aliphatic carbocycles. The van der Waals surface area contributed by atoms with Crippen LogP contribution in [0, 0.1) is 6.92 Å². The molecular formula is C17H14ClNO3. The molecule has 1 aliphatic rings. The van der Waals surface area contributed by atoms with Gasteiger partial charge in [-0.3, -0.25) is 4.79 Å². The van der Waals surface area contributed by atoms with E-state index in [1.54, 1.807) is 12.1 Å². The molecule has 2 aromatic carbocycles. The minimum absolute atomic E-state index is 0.224. The van der Waals surface area contributed by atoms with E-state index in [2.05, 4.69) is 5.32 Å². The van der Waals surface area contributed by atoms with Crippen LogP contribution in [0.5, 0.6) is 11.5 Å². The molecule has 0 atom stereocenters. The first-order valence-electron chi connectivity index (χ1n) is 6.77. The average Bonchev–Trinajstić information content (AvgIpc) is 2.96. The van der Waals surface area contributed by atoms with E-state index in [-0.39, 0.29) is 12.7 Å². The van der Waals surface area contributed by atoms with Crippen molar-refractivity contribution in [2.45, 2.75) is 6.92 Å². The van der Waals surface area contributed by atoms with Gasteiger partial charge in [-0.15, -0.1) is 0 Å². The van der Waals surface area contributed by atoms with Crippen molar-refractivity contribution in [1.82, 2.24) is 0 Å². The van der Waals surface area contributed by atoms with Crippen molar-refractivity contribution < 1.29 is 14.3 Å². The number of carbonyl (C=O) groups is 1. The third kappa shape index (κ3) is 3.23. The summed E-state index contributed by atoms with van der Waals surface area (Å²) in [5.74, 6) is 1.18. The van der Waals surface area contributed by atoms with Gasteiger partial charge in [0.2, 0.25) is 12.7 Å². The zero-order chi connectivity index (χ0) is 15.5. The minimum atomic E-state index is -0.224. The van der Waals surface area contributed by atoms with Crippen LogP contribution in [-0.4, -0.2) is 12.7 Å². The van der Waals surface area contributed by atoms with Crippen LogP contribution >= 0.6 is 11.6 Å². The van der Waals surface area contributed by atoms with Crippen LogP contribution in [-0.2, 0) is 4.79 Å². The first-order valence-corrected chi connectivity index (χ1v) is 7.14. The smallest absolute Gasteiger partial charge is 0.248 e. The second-order valence-electron chi connectivity index (χ2n) is 4.90. The maximum atomic E-state index is 11.9. The maximum absolute atomic E-state index is 11.9. The minimum Gasteiger partial charge on any atom is -0.454 e. The Labute approximate surface area is 133 Å². The Morgan fingerprint density at radius 3 is 2.82 bits per heavy atom. The van der Waals surface area contributed by atoms with Crippen LogP contribution in [0.4, 0.5) is 5.69 Å². The molecule has 0 saturated carbocycles. The quantitative estimate of drug-likeness (QED) is 0.870. The van der Waals surface area contributed by atoms with E-state index in [1.807, 2.05) is 37.3 Å². The summed E-state index contributed by atoms with van der Waals surface area (Å²) in [6.07, 6.45) is 3.18. The molecule has 5 heteroatoms. The summed E-state index contributed by atoms with van der Waals surface area (Å²) < 4.78 is 10.5. The molecule has 0 bridgehead atoms. The summed E-state index contributed by atoms with van der Waals surface area (Å²) in [6, 6.07) is 10.9. The van der Waals surface area contributed by atoms with Gasteiger partial charge in [-0.05, 0) is 48.4 Å². The Hall–Kier alpha value is -2.46. The lowest BCUT2D eigenvalue weighted by Gasteiger charge is -2.04. The Balaban J connectivity index is 1.67. The lowest BCUT2D eigenvalue weighted by atomic mass is 10.2. The van der Waals surface area contributed by atoms with E-state index in [1.165, 1.54) is 6.08 Å². The first-order chi connectivity index (χ1) is 10.6. The number of carbonyl (C=O) groups excluding carboxylic acids is 1. The van der Waals surface area contributed by atoms with Crippen LogP contribution in [0.1, 0.15) is 11.1 Å². The number of anilines is 1. The highest BCUT2D eigenvalue weighted by molar-refractivity contribution is 6.31. The lowest BCUT2D eigenvalue weighted by molar-refractivity contribution is -0.111. The summed E-state index contributed by atoms with van der Waals surface area (Å²) in [5.41, 5.74) is 2.49. The number of fused-ring (bicyclic) bond motifs is 1. The molecule has 0 radical (unpaired) electrons. The number of nitrogens with one attached hydrogen (secondary N) is 1. The van der Waals surface area contributed by atoms with Gasteiger partial charge in [0.05, 0.1) is 0 Å². The Bertz CT molecular complexity index is 756. The van der Waals surface area contributed by atoms with Gasteiger partial charge in [0.1, 0.15) is 0 Å². The molecule has 112 valence electrons. The molecule has 0 spiro atoms. The summed E-state index contributed by atoms with van der Waals surface area (Å²) in [7, 11) is 0. The van der Waals surface area contributed by atoms with Gasteiger partial charge in [-0.25, -0.2) is 0 Å². The molecule has 0 fully saturated rings. The van der Waals surface area contributed by atoms with Gasteiger partial charge in [-0.2, -0.15) is 0 Å². The molecule has 1 aliphatic heterocycles. The Morgan fingerprint density at radius 1 is 1.18 bits per heavy atom. The summed E-state index contributed by atoms with van der Waals surface area (Å²) >= 11 is 6.03. The van der Waals surface area contributed by atoms with E-state index in [9.17, 15) is 4.79 Å². The normalized spacial score (nSPS) is 12.6. The van der Waals surface area contributed by atoms with Crippen molar-refractivity contribution >= 4 is 29.3 Å². The van der Waals surface area contributed by atoms with Gasteiger partial charge in [0.15, 0.2) is 11.5 Å². The second kappa shape index (κ2) is 6.12. The van der Waals surface area contributed by atoms with Gasteiger partial charge in [-0.1, -0.05) is 23.7 Å². The fraction of sp³-hybridized carbons (Fsp3) is 0.118. The molecule has 1 N–H and O–H groups in total. The van der Waals surface area contributed by atoms with Gasteiger partial charge >= 0.3 is 0 Å².